The Hall–Kier alpha value is -0.560. The molecule has 0 fully saturated rings. The maximum atomic E-state index is 10.2. The fourth-order valence-corrected chi connectivity index (χ4v) is 3.20. The lowest BCUT2D eigenvalue weighted by atomic mass is 9.62. The zero-order chi connectivity index (χ0) is 11.9. The standard InChI is InChI=1S/C15H24O/c1-10(2)12-7-8-15(4)13(9-12)11(3)5-6-14(15)16/h5,9-10,12,14,16H,6-8H2,1-4H3/t12-,14-,15-/m1/s1. The lowest BCUT2D eigenvalue weighted by Crippen LogP contribution is -2.40. The Bertz CT molecular complexity index is 337. The van der Waals surface area contributed by atoms with E-state index in [1.165, 1.54) is 17.6 Å². The highest BCUT2D eigenvalue weighted by atomic mass is 16.3. The smallest absolute Gasteiger partial charge is 0.0668 e. The average Bonchev–Trinajstić information content (AvgIpc) is 2.24. The van der Waals surface area contributed by atoms with Crippen LogP contribution in [0.15, 0.2) is 23.3 Å². The van der Waals surface area contributed by atoms with Gasteiger partial charge >= 0.3 is 0 Å². The first-order valence-corrected chi connectivity index (χ1v) is 6.52. The minimum absolute atomic E-state index is 0.0181. The van der Waals surface area contributed by atoms with E-state index in [-0.39, 0.29) is 11.5 Å². The van der Waals surface area contributed by atoms with Gasteiger partial charge in [-0.3, -0.25) is 0 Å². The van der Waals surface area contributed by atoms with E-state index < -0.39 is 0 Å². The van der Waals surface area contributed by atoms with Crippen molar-refractivity contribution >= 4 is 0 Å². The summed E-state index contributed by atoms with van der Waals surface area (Å²) in [4.78, 5) is 0. The van der Waals surface area contributed by atoms with Gasteiger partial charge in [0.1, 0.15) is 0 Å². The molecule has 0 aromatic heterocycles. The average molecular weight is 220 g/mol. The molecule has 1 heteroatoms. The van der Waals surface area contributed by atoms with Crippen LogP contribution in [0.5, 0.6) is 0 Å². The molecule has 0 radical (unpaired) electrons. The van der Waals surface area contributed by atoms with Crippen LogP contribution in [0.4, 0.5) is 0 Å². The third-order valence-electron chi connectivity index (χ3n) is 4.66. The molecular weight excluding hydrogens is 196 g/mol. The van der Waals surface area contributed by atoms with Gasteiger partial charge in [0.25, 0.3) is 0 Å². The highest BCUT2D eigenvalue weighted by Gasteiger charge is 2.42. The number of aliphatic hydroxyl groups excluding tert-OH is 1. The van der Waals surface area contributed by atoms with Crippen LogP contribution >= 0.6 is 0 Å². The molecule has 0 unspecified atom stereocenters. The lowest BCUT2D eigenvalue weighted by Gasteiger charge is -2.45. The van der Waals surface area contributed by atoms with Gasteiger partial charge in [-0.25, -0.2) is 0 Å². The summed E-state index contributed by atoms with van der Waals surface area (Å²) in [6.07, 6.45) is 7.63. The Morgan fingerprint density at radius 2 is 2.12 bits per heavy atom. The topological polar surface area (TPSA) is 20.2 Å². The Morgan fingerprint density at radius 3 is 2.75 bits per heavy atom. The number of aliphatic hydroxyl groups is 1. The fraction of sp³-hybridized carbons (Fsp3) is 0.733. The monoisotopic (exact) mass is 220 g/mol. The van der Waals surface area contributed by atoms with E-state index in [4.69, 9.17) is 0 Å². The van der Waals surface area contributed by atoms with Crippen molar-refractivity contribution in [3.05, 3.63) is 23.3 Å². The first kappa shape index (κ1) is 11.9. The van der Waals surface area contributed by atoms with Crippen molar-refractivity contribution in [2.24, 2.45) is 17.3 Å². The molecule has 2 aliphatic carbocycles. The van der Waals surface area contributed by atoms with Crippen LogP contribution in [-0.2, 0) is 0 Å². The van der Waals surface area contributed by atoms with Crippen LogP contribution in [0.2, 0.25) is 0 Å². The van der Waals surface area contributed by atoms with E-state index in [0.29, 0.717) is 11.8 Å². The number of hydrogen-bond donors (Lipinski definition) is 1. The molecule has 1 N–H and O–H groups in total. The molecule has 0 saturated carbocycles. The third-order valence-corrected chi connectivity index (χ3v) is 4.66. The molecule has 0 saturated heterocycles. The molecule has 0 bridgehead atoms. The van der Waals surface area contributed by atoms with E-state index in [0.717, 1.165) is 12.8 Å². The third kappa shape index (κ3) is 1.75. The van der Waals surface area contributed by atoms with Gasteiger partial charge in [-0.2, -0.15) is 0 Å². The van der Waals surface area contributed by atoms with Gasteiger partial charge in [0, 0.05) is 5.41 Å². The lowest BCUT2D eigenvalue weighted by molar-refractivity contribution is 0.0447. The first-order valence-electron chi connectivity index (χ1n) is 6.52. The molecule has 0 amide bonds. The summed E-state index contributed by atoms with van der Waals surface area (Å²) in [6.45, 7) is 9.01. The van der Waals surface area contributed by atoms with Gasteiger partial charge in [0.15, 0.2) is 0 Å². The largest absolute Gasteiger partial charge is 0.392 e. The van der Waals surface area contributed by atoms with Crippen LogP contribution in [-0.4, -0.2) is 11.2 Å². The van der Waals surface area contributed by atoms with E-state index in [1.807, 2.05) is 0 Å². The summed E-state index contributed by atoms with van der Waals surface area (Å²) in [5, 5.41) is 10.2. The Balaban J connectivity index is 2.39. The number of fused-ring (bicyclic) bond motifs is 1. The van der Waals surface area contributed by atoms with Crippen LogP contribution in [0.1, 0.15) is 47.0 Å². The second-order valence-corrected chi connectivity index (χ2v) is 6.08. The molecule has 2 aliphatic rings. The fourth-order valence-electron chi connectivity index (χ4n) is 3.20. The molecule has 16 heavy (non-hydrogen) atoms. The molecule has 0 aromatic rings. The molecule has 2 rings (SSSR count). The molecule has 90 valence electrons. The minimum atomic E-state index is -0.185. The summed E-state index contributed by atoms with van der Waals surface area (Å²) in [5.41, 5.74) is 2.82. The van der Waals surface area contributed by atoms with Crippen molar-refractivity contribution in [1.82, 2.24) is 0 Å². The van der Waals surface area contributed by atoms with Crippen LogP contribution in [0.25, 0.3) is 0 Å². The minimum Gasteiger partial charge on any atom is -0.392 e. The second-order valence-electron chi connectivity index (χ2n) is 6.08. The predicted molar refractivity (Wildman–Crippen MR) is 68.1 cm³/mol. The van der Waals surface area contributed by atoms with Gasteiger partial charge in [0.05, 0.1) is 6.10 Å². The number of rotatable bonds is 1. The van der Waals surface area contributed by atoms with Crippen molar-refractivity contribution in [2.45, 2.75) is 53.1 Å². The van der Waals surface area contributed by atoms with Crippen LogP contribution in [0, 0.1) is 17.3 Å². The van der Waals surface area contributed by atoms with Crippen LogP contribution in [0.3, 0.4) is 0 Å². The molecule has 0 spiro atoms. The van der Waals surface area contributed by atoms with E-state index in [2.05, 4.69) is 39.8 Å². The van der Waals surface area contributed by atoms with Gasteiger partial charge in [-0.05, 0) is 43.6 Å². The van der Waals surface area contributed by atoms with Crippen molar-refractivity contribution < 1.29 is 5.11 Å². The van der Waals surface area contributed by atoms with E-state index in [1.54, 1.807) is 0 Å². The zero-order valence-corrected chi connectivity index (χ0v) is 11.0. The van der Waals surface area contributed by atoms with Gasteiger partial charge < -0.3 is 5.11 Å². The summed E-state index contributed by atoms with van der Waals surface area (Å²) in [7, 11) is 0. The Labute approximate surface area is 99.3 Å². The molecule has 0 heterocycles. The van der Waals surface area contributed by atoms with E-state index >= 15 is 0 Å². The Morgan fingerprint density at radius 1 is 1.44 bits per heavy atom. The molecule has 0 aliphatic heterocycles. The summed E-state index contributed by atoms with van der Waals surface area (Å²) in [5.74, 6) is 1.40. The van der Waals surface area contributed by atoms with Gasteiger partial charge in [0.2, 0.25) is 0 Å². The summed E-state index contributed by atoms with van der Waals surface area (Å²) in [6, 6.07) is 0. The van der Waals surface area contributed by atoms with Crippen molar-refractivity contribution in [3.63, 3.8) is 0 Å². The summed E-state index contributed by atoms with van der Waals surface area (Å²) >= 11 is 0. The quantitative estimate of drug-likeness (QED) is 0.714. The maximum absolute atomic E-state index is 10.2. The van der Waals surface area contributed by atoms with Crippen molar-refractivity contribution in [3.8, 4) is 0 Å². The maximum Gasteiger partial charge on any atom is 0.0668 e. The van der Waals surface area contributed by atoms with Gasteiger partial charge in [-0.1, -0.05) is 38.5 Å². The number of allylic oxidation sites excluding steroid dienone is 2. The number of hydrogen-bond acceptors (Lipinski definition) is 1. The second kappa shape index (κ2) is 4.03. The molecular formula is C15H24O. The summed E-state index contributed by atoms with van der Waals surface area (Å²) < 4.78 is 0. The molecule has 3 atom stereocenters. The molecule has 1 nitrogen and oxygen atoms in total. The van der Waals surface area contributed by atoms with Gasteiger partial charge in [-0.15, -0.1) is 0 Å². The zero-order valence-electron chi connectivity index (χ0n) is 11.0. The predicted octanol–water partition coefficient (Wildman–Crippen LogP) is 3.70. The first-order chi connectivity index (χ1) is 7.45. The highest BCUT2D eigenvalue weighted by molar-refractivity contribution is 5.41. The van der Waals surface area contributed by atoms with Crippen LogP contribution < -0.4 is 0 Å². The highest BCUT2D eigenvalue weighted by Crippen LogP contribution is 2.49. The van der Waals surface area contributed by atoms with Crippen molar-refractivity contribution in [1.29, 1.82) is 0 Å². The Kier molecular flexibility index (Phi) is 3.00. The normalized spacial score (nSPS) is 39.1. The molecule has 0 aromatic carbocycles. The SMILES string of the molecule is CC1=CC[C@@H](O)[C@]2(C)CC[C@@H](C(C)C)C=C12. The van der Waals surface area contributed by atoms with E-state index in [9.17, 15) is 5.11 Å². The van der Waals surface area contributed by atoms with Crippen molar-refractivity contribution in [2.75, 3.05) is 0 Å².